The molecule has 0 saturated heterocycles. The number of benzene rings is 2. The number of aliphatic imine (C=N–C) groups is 1. The lowest BCUT2D eigenvalue weighted by molar-refractivity contribution is -0.136. The summed E-state index contributed by atoms with van der Waals surface area (Å²) in [6.45, 7) is 3.44. The highest BCUT2D eigenvalue weighted by molar-refractivity contribution is 7.11. The summed E-state index contributed by atoms with van der Waals surface area (Å²) in [7, 11) is 2.66. The van der Waals surface area contributed by atoms with Gasteiger partial charge in [0.15, 0.2) is 17.1 Å². The molecule has 0 spiro atoms. The molecule has 12 nitrogen and oxygen atoms in total. The van der Waals surface area contributed by atoms with Crippen LogP contribution >= 0.6 is 45.9 Å². The van der Waals surface area contributed by atoms with Crippen molar-refractivity contribution in [1.82, 2.24) is 15.3 Å². The zero-order valence-corrected chi connectivity index (χ0v) is 30.6. The molecule has 1 atom stereocenters. The van der Waals surface area contributed by atoms with Crippen molar-refractivity contribution in [2.24, 2.45) is 16.5 Å². The van der Waals surface area contributed by atoms with E-state index in [0.29, 0.717) is 49.3 Å². The Bertz CT molecular complexity index is 1780. The molecule has 0 bridgehead atoms. The molecule has 0 fully saturated rings. The lowest BCUT2D eigenvalue weighted by atomic mass is 9.96. The minimum Gasteiger partial charge on any atom is -1.00 e. The van der Waals surface area contributed by atoms with E-state index >= 15 is 0 Å². The maximum absolute atomic E-state index is 12.2. The number of ether oxygens (including phenoxy) is 2. The molecule has 0 amide bonds. The number of nitrogens with two attached hydrogens (primary N) is 3. The molecule has 2 aromatic carbocycles. The van der Waals surface area contributed by atoms with Crippen LogP contribution in [0.5, 0.6) is 0 Å². The largest absolute Gasteiger partial charge is 1.00 e. The maximum atomic E-state index is 12.2. The number of methoxy groups -OCH3 is 2. The van der Waals surface area contributed by atoms with E-state index in [1.807, 2.05) is 35.9 Å². The van der Waals surface area contributed by atoms with Gasteiger partial charge >= 0.3 is 11.9 Å². The van der Waals surface area contributed by atoms with Crippen LogP contribution in [0, 0.1) is 0 Å². The lowest BCUT2D eigenvalue weighted by Crippen LogP contribution is -3.00. The van der Waals surface area contributed by atoms with Gasteiger partial charge in [0.05, 0.1) is 24.8 Å². The Labute approximate surface area is 307 Å². The van der Waals surface area contributed by atoms with Crippen LogP contribution in [-0.2, 0) is 19.1 Å². The number of halogens is 3. The molecule has 49 heavy (non-hydrogen) atoms. The summed E-state index contributed by atoms with van der Waals surface area (Å²) in [5.41, 5.74) is 13.2. The fraction of sp³-hybridized carbons (Fsp3) is 0.156. The summed E-state index contributed by atoms with van der Waals surface area (Å²) in [6.07, 6.45) is 5.34. The van der Waals surface area contributed by atoms with Gasteiger partial charge < -0.3 is 32.9 Å². The van der Waals surface area contributed by atoms with Gasteiger partial charge in [-0.3, -0.25) is 20.9 Å². The molecular weight excluding hydrogens is 733 g/mol. The number of nitrogens with one attached hydrogen (secondary N) is 1. The molecule has 17 heteroatoms. The van der Waals surface area contributed by atoms with Crippen LogP contribution in [0.2, 0.25) is 10.0 Å². The van der Waals surface area contributed by atoms with Gasteiger partial charge in [-0.05, 0) is 26.0 Å². The van der Waals surface area contributed by atoms with E-state index in [1.165, 1.54) is 43.0 Å². The fourth-order valence-electron chi connectivity index (χ4n) is 3.60. The van der Waals surface area contributed by atoms with Gasteiger partial charge in [-0.15, -0.1) is 22.7 Å². The molecule has 7 N–H and O–H groups in total. The molecule has 2 aromatic heterocycles. The third-order valence-corrected chi connectivity index (χ3v) is 8.03. The summed E-state index contributed by atoms with van der Waals surface area (Å²) >= 11 is 14.8. The summed E-state index contributed by atoms with van der Waals surface area (Å²) in [4.78, 5) is 45.4. The average Bonchev–Trinajstić information content (AvgIpc) is 3.81. The van der Waals surface area contributed by atoms with Gasteiger partial charge in [0.2, 0.25) is 5.01 Å². The Kier molecular flexibility index (Phi) is 19.1. The molecule has 1 aliphatic heterocycles. The zero-order valence-electron chi connectivity index (χ0n) is 26.7. The van der Waals surface area contributed by atoms with Crippen molar-refractivity contribution in [1.29, 1.82) is 0 Å². The van der Waals surface area contributed by atoms with Crippen molar-refractivity contribution in [3.63, 3.8) is 0 Å². The monoisotopic (exact) mass is 765 g/mol. The molecular formula is C32H34Cl3N7O5S2. The number of hydrogen-bond acceptors (Lipinski definition) is 12. The van der Waals surface area contributed by atoms with Gasteiger partial charge in [0, 0.05) is 56.8 Å². The van der Waals surface area contributed by atoms with Gasteiger partial charge in [-0.2, -0.15) is 0 Å². The van der Waals surface area contributed by atoms with Crippen LogP contribution in [0.15, 0.2) is 99.7 Å². The van der Waals surface area contributed by atoms with Crippen molar-refractivity contribution in [3.05, 3.63) is 126 Å². The number of amidine groups is 2. The Morgan fingerprint density at radius 2 is 1.57 bits per heavy atom. The van der Waals surface area contributed by atoms with Gasteiger partial charge in [-0.1, -0.05) is 59.6 Å². The second kappa shape index (κ2) is 22.1. The highest BCUT2D eigenvalue weighted by Gasteiger charge is 2.31. The number of carbonyl (C=O) groups is 3. The number of nitrogens with zero attached hydrogens (tertiary/aromatic N) is 3. The van der Waals surface area contributed by atoms with E-state index in [1.54, 1.807) is 49.6 Å². The molecule has 1 unspecified atom stereocenters. The highest BCUT2D eigenvalue weighted by Crippen LogP contribution is 2.35. The first-order valence-electron chi connectivity index (χ1n) is 13.7. The number of aromatic nitrogens is 2. The van der Waals surface area contributed by atoms with Crippen molar-refractivity contribution >= 4 is 75.8 Å². The van der Waals surface area contributed by atoms with Crippen LogP contribution in [-0.4, -0.2) is 54.1 Å². The smallest absolute Gasteiger partial charge is 0.338 e. The predicted octanol–water partition coefficient (Wildman–Crippen LogP) is 1.12. The van der Waals surface area contributed by atoms with Crippen molar-refractivity contribution < 1.29 is 41.7 Å². The van der Waals surface area contributed by atoms with Crippen LogP contribution in [0.25, 0.3) is 0 Å². The summed E-state index contributed by atoms with van der Waals surface area (Å²) in [5, 5.41) is 14.6. The third kappa shape index (κ3) is 13.8. The molecule has 1 aliphatic rings. The maximum Gasteiger partial charge on any atom is 0.338 e. The van der Waals surface area contributed by atoms with Crippen molar-refractivity contribution in [3.8, 4) is 0 Å². The van der Waals surface area contributed by atoms with Gasteiger partial charge in [-0.25, -0.2) is 19.6 Å². The Hall–Kier alpha value is -4.60. The first-order chi connectivity index (χ1) is 22.9. The average molecular weight is 767 g/mol. The van der Waals surface area contributed by atoms with Crippen molar-refractivity contribution in [2.45, 2.75) is 19.9 Å². The summed E-state index contributed by atoms with van der Waals surface area (Å²) in [5.74, 6) is 0.0712. The number of aldehydes is 1. The molecule has 4 aromatic rings. The number of esters is 2. The van der Waals surface area contributed by atoms with E-state index in [4.69, 9.17) is 44.8 Å². The standard InChI is InChI=1S/C16H14ClN3O2S.C7H5ClO.C5H9NO2.C4H5N3S.ClH/c1-9-12(16(21)22-2)13(10-5-3-4-6-11(10)17)20-14(19-9)15-18-7-8-23-15;8-7-4-2-1-3-6(7)5-9;1-4(6)3-5(7)8-2;5-3(6)4-7-1-2-8-4;/h3-8,13H,1-2H3,(H,19,20);1-5H;3H,6H2,1-2H3;1-2H,(H3,5,6);1H. The number of allylic oxidation sites excluding steroid dienone is 2. The number of rotatable bonds is 6. The van der Waals surface area contributed by atoms with Crippen LogP contribution in [0.1, 0.15) is 45.8 Å². The van der Waals surface area contributed by atoms with E-state index in [9.17, 15) is 14.4 Å². The van der Waals surface area contributed by atoms with Crippen LogP contribution in [0.4, 0.5) is 0 Å². The van der Waals surface area contributed by atoms with Crippen LogP contribution in [0.3, 0.4) is 0 Å². The predicted molar refractivity (Wildman–Crippen MR) is 190 cm³/mol. The minimum absolute atomic E-state index is 0. The normalized spacial score (nSPS) is 13.1. The molecule has 0 saturated carbocycles. The SMILES string of the molecule is COC(=O)C1=C(C)NC(c2nccs2)=NC1c1ccccc1Cl.COC(=O)C=C(C)N.NC(=[NH2+])c1nccs1.O=Cc1ccccc1Cl.[Cl-]. The second-order valence-corrected chi connectivity index (χ2v) is 11.8. The quantitative estimate of drug-likeness (QED) is 0.0726. The molecule has 0 radical (unpaired) electrons. The van der Waals surface area contributed by atoms with Gasteiger partial charge in [0.25, 0.3) is 5.84 Å². The van der Waals surface area contributed by atoms with E-state index in [-0.39, 0.29) is 12.4 Å². The third-order valence-electron chi connectivity index (χ3n) is 5.74. The first-order valence-corrected chi connectivity index (χ1v) is 16.2. The Morgan fingerprint density at radius 3 is 2.00 bits per heavy atom. The van der Waals surface area contributed by atoms with Crippen LogP contribution < -0.4 is 34.6 Å². The molecule has 260 valence electrons. The zero-order chi connectivity index (χ0) is 35.6. The minimum atomic E-state index is -0.531. The lowest BCUT2D eigenvalue weighted by Gasteiger charge is -2.25. The number of carbonyl (C=O) groups excluding carboxylic acids is 3. The van der Waals surface area contributed by atoms with E-state index < -0.39 is 18.0 Å². The highest BCUT2D eigenvalue weighted by atomic mass is 35.5. The fourth-order valence-corrected chi connectivity index (χ4v) is 5.12. The summed E-state index contributed by atoms with van der Waals surface area (Å²) in [6, 6.07) is 13.7. The van der Waals surface area contributed by atoms with E-state index in [2.05, 4.69) is 25.0 Å². The number of hydrogen-bond donors (Lipinski definition) is 4. The van der Waals surface area contributed by atoms with Gasteiger partial charge in [0.1, 0.15) is 6.04 Å². The Balaban J connectivity index is 0.000000380. The Morgan fingerprint density at radius 1 is 0.959 bits per heavy atom. The number of thiazole rings is 2. The molecule has 5 rings (SSSR count). The topological polar surface area (TPSA) is 197 Å². The molecule has 3 heterocycles. The summed E-state index contributed by atoms with van der Waals surface area (Å²) < 4.78 is 9.18. The second-order valence-electron chi connectivity index (χ2n) is 9.24. The first kappa shape index (κ1) is 42.4. The molecule has 0 aliphatic carbocycles. The van der Waals surface area contributed by atoms with Crippen molar-refractivity contribution in [2.75, 3.05) is 14.2 Å². The van der Waals surface area contributed by atoms with E-state index in [0.717, 1.165) is 16.9 Å².